The maximum Gasteiger partial charge on any atom is 0.143 e. The van der Waals surface area contributed by atoms with Crippen molar-refractivity contribution in [3.8, 4) is 28.1 Å². The summed E-state index contributed by atoms with van der Waals surface area (Å²) in [7, 11) is 0. The summed E-state index contributed by atoms with van der Waals surface area (Å²) >= 11 is 3.56. The lowest BCUT2D eigenvalue weighted by Crippen LogP contribution is -1.95. The molecule has 0 spiro atoms. The van der Waals surface area contributed by atoms with Crippen molar-refractivity contribution in [2.75, 3.05) is 0 Å². The van der Waals surface area contributed by atoms with Gasteiger partial charge in [-0.1, -0.05) is 115 Å². The Morgan fingerprint density at radius 1 is 0.466 bits per heavy atom. The SMILES string of the molecule is Fc1ccc(-c2cnc3sc4ccc(-c5ccc(-n6c7c8ccccc8ccc7c7c8ccccc8c8c9ccc%10ccccc%10c9sc8c76)cc5)cc4c3n2)cc1. The number of hydrogen-bond donors (Lipinski definition) is 0. The predicted octanol–water partition coefficient (Wildman–Crippen LogP) is 15.2. The van der Waals surface area contributed by atoms with E-state index in [1.54, 1.807) is 29.7 Å². The molecule has 0 amide bonds. The molecule has 13 aromatic rings. The average Bonchev–Trinajstić information content (AvgIpc) is 3.97. The van der Waals surface area contributed by atoms with E-state index < -0.39 is 0 Å². The van der Waals surface area contributed by atoms with Crippen LogP contribution in [0, 0.1) is 5.82 Å². The van der Waals surface area contributed by atoms with Gasteiger partial charge < -0.3 is 4.57 Å². The lowest BCUT2D eigenvalue weighted by molar-refractivity contribution is 0.628. The van der Waals surface area contributed by atoms with Crippen LogP contribution in [-0.4, -0.2) is 14.5 Å². The largest absolute Gasteiger partial charge is 0.307 e. The highest BCUT2D eigenvalue weighted by Crippen LogP contribution is 2.50. The molecule has 58 heavy (non-hydrogen) atoms. The van der Waals surface area contributed by atoms with Crippen LogP contribution in [0.15, 0.2) is 170 Å². The maximum atomic E-state index is 13.7. The van der Waals surface area contributed by atoms with Gasteiger partial charge in [-0.2, -0.15) is 0 Å². The minimum absolute atomic E-state index is 0.267. The summed E-state index contributed by atoms with van der Waals surface area (Å²) in [5, 5.41) is 13.8. The van der Waals surface area contributed by atoms with Gasteiger partial charge in [0.25, 0.3) is 0 Å². The number of thiophene rings is 2. The Labute approximate surface area is 338 Å². The summed E-state index contributed by atoms with van der Waals surface area (Å²) in [4.78, 5) is 10.7. The lowest BCUT2D eigenvalue weighted by atomic mass is 9.97. The summed E-state index contributed by atoms with van der Waals surface area (Å²) in [6.45, 7) is 0. The highest BCUT2D eigenvalue weighted by molar-refractivity contribution is 7.27. The molecule has 0 aliphatic heterocycles. The molecule has 0 saturated heterocycles. The van der Waals surface area contributed by atoms with E-state index in [0.29, 0.717) is 0 Å². The van der Waals surface area contributed by atoms with Gasteiger partial charge in [-0.05, 0) is 86.6 Å². The molecule has 0 aliphatic carbocycles. The first-order valence-corrected chi connectivity index (χ1v) is 21.0. The zero-order chi connectivity index (χ0) is 38.1. The fourth-order valence-corrected chi connectivity index (χ4v) is 11.6. The summed E-state index contributed by atoms with van der Waals surface area (Å²) < 4.78 is 20.0. The molecule has 0 atom stereocenters. The Balaban J connectivity index is 1.06. The van der Waals surface area contributed by atoms with Gasteiger partial charge in [-0.25, -0.2) is 14.4 Å². The number of fused-ring (bicyclic) bond motifs is 17. The molecule has 3 nitrogen and oxygen atoms in total. The van der Waals surface area contributed by atoms with E-state index in [4.69, 9.17) is 9.97 Å². The molecule has 13 rings (SSSR count). The van der Waals surface area contributed by atoms with Gasteiger partial charge in [0, 0.05) is 53.0 Å². The number of hydrogen-bond acceptors (Lipinski definition) is 4. The van der Waals surface area contributed by atoms with Crippen LogP contribution in [0.5, 0.6) is 0 Å². The van der Waals surface area contributed by atoms with Crippen LogP contribution in [-0.2, 0) is 0 Å². The van der Waals surface area contributed by atoms with E-state index in [-0.39, 0.29) is 5.82 Å². The molecule has 4 heterocycles. The first-order chi connectivity index (χ1) is 28.7. The highest BCUT2D eigenvalue weighted by atomic mass is 32.1. The molecule has 6 heteroatoms. The van der Waals surface area contributed by atoms with Gasteiger partial charge >= 0.3 is 0 Å². The fraction of sp³-hybridized carbons (Fsp3) is 0. The Bertz CT molecular complexity index is 3860. The Morgan fingerprint density at radius 3 is 1.91 bits per heavy atom. The molecule has 270 valence electrons. The second-order valence-corrected chi connectivity index (χ2v) is 17.1. The molecule has 9 aromatic carbocycles. The second-order valence-electron chi connectivity index (χ2n) is 15.0. The van der Waals surface area contributed by atoms with Gasteiger partial charge in [-0.15, -0.1) is 22.7 Å². The second kappa shape index (κ2) is 12.0. The minimum Gasteiger partial charge on any atom is -0.307 e. The van der Waals surface area contributed by atoms with E-state index >= 15 is 0 Å². The predicted molar refractivity (Wildman–Crippen MR) is 245 cm³/mol. The van der Waals surface area contributed by atoms with Crippen molar-refractivity contribution in [2.24, 2.45) is 0 Å². The Kier molecular flexibility index (Phi) is 6.65. The van der Waals surface area contributed by atoms with E-state index in [9.17, 15) is 4.39 Å². The molecule has 0 aliphatic rings. The quantitative estimate of drug-likeness (QED) is 0.179. The molecule has 0 unspecified atom stereocenters. The zero-order valence-corrected chi connectivity index (χ0v) is 32.3. The fourth-order valence-electron chi connectivity index (χ4n) is 9.25. The first kappa shape index (κ1) is 32.1. The van der Waals surface area contributed by atoms with Crippen molar-refractivity contribution < 1.29 is 4.39 Å². The zero-order valence-electron chi connectivity index (χ0n) is 30.7. The maximum absolute atomic E-state index is 13.7. The lowest BCUT2D eigenvalue weighted by Gasteiger charge is -2.12. The summed E-state index contributed by atoms with van der Waals surface area (Å²) in [6.07, 6.45) is 1.78. The minimum atomic E-state index is -0.267. The van der Waals surface area contributed by atoms with E-state index in [0.717, 1.165) is 48.5 Å². The number of halogens is 1. The summed E-state index contributed by atoms with van der Waals surface area (Å²) in [5.74, 6) is -0.267. The summed E-state index contributed by atoms with van der Waals surface area (Å²) in [5.41, 5.74) is 8.28. The first-order valence-electron chi connectivity index (χ1n) is 19.3. The van der Waals surface area contributed by atoms with E-state index in [1.165, 1.54) is 86.4 Å². The normalized spacial score (nSPS) is 12.2. The molecule has 4 aromatic heterocycles. The number of aromatic nitrogens is 3. The van der Waals surface area contributed by atoms with Crippen molar-refractivity contribution in [1.82, 2.24) is 14.5 Å². The van der Waals surface area contributed by atoms with Crippen molar-refractivity contribution in [1.29, 1.82) is 0 Å². The molecule has 0 fully saturated rings. The third-order valence-corrected chi connectivity index (χ3v) is 14.2. The monoisotopic (exact) mass is 777 g/mol. The van der Waals surface area contributed by atoms with Gasteiger partial charge in [0.1, 0.15) is 16.2 Å². The average molecular weight is 778 g/mol. The van der Waals surface area contributed by atoms with Crippen LogP contribution in [0.1, 0.15) is 0 Å². The van der Waals surface area contributed by atoms with Gasteiger partial charge in [0.05, 0.1) is 27.6 Å². The van der Waals surface area contributed by atoms with Crippen LogP contribution in [0.25, 0.3) is 123 Å². The molecule has 0 saturated carbocycles. The van der Waals surface area contributed by atoms with Crippen molar-refractivity contribution >= 4 is 117 Å². The Hall–Kier alpha value is -6.99. The van der Waals surface area contributed by atoms with Gasteiger partial charge in [-0.3, -0.25) is 0 Å². The standard InChI is InChI=1S/C52H28FN3S2/c53-34-20-13-32(14-21-34)43-28-54-52-47(55-43)42-27-33(19-26-44(42)57-52)29-15-22-35(23-16-29)56-48-36-9-3-1-7-30(36)17-24-40(48)45-38-11-5-6-12-39(38)46-41-25-18-31-8-2-4-10-37(31)50(41)58-51(46)49(45)56/h1-28H. The number of rotatable bonds is 3. The third-order valence-electron chi connectivity index (χ3n) is 11.9. The molecule has 0 radical (unpaired) electrons. The van der Waals surface area contributed by atoms with Crippen LogP contribution in [0.2, 0.25) is 0 Å². The van der Waals surface area contributed by atoms with Crippen LogP contribution in [0.4, 0.5) is 4.39 Å². The number of benzene rings is 9. The molecule has 0 N–H and O–H groups in total. The number of nitrogens with zero attached hydrogens (tertiary/aromatic N) is 3. The Morgan fingerprint density at radius 2 is 1.12 bits per heavy atom. The van der Waals surface area contributed by atoms with E-state index in [1.807, 2.05) is 11.3 Å². The van der Waals surface area contributed by atoms with Crippen molar-refractivity contribution in [3.63, 3.8) is 0 Å². The third kappa shape index (κ3) is 4.52. The molecular formula is C52H28FN3S2. The van der Waals surface area contributed by atoms with Crippen LogP contribution >= 0.6 is 22.7 Å². The molecule has 0 bridgehead atoms. The van der Waals surface area contributed by atoms with Crippen LogP contribution < -0.4 is 0 Å². The highest BCUT2D eigenvalue weighted by Gasteiger charge is 2.24. The van der Waals surface area contributed by atoms with Gasteiger partial charge in [0.15, 0.2) is 0 Å². The van der Waals surface area contributed by atoms with Crippen molar-refractivity contribution in [3.05, 3.63) is 176 Å². The smallest absolute Gasteiger partial charge is 0.143 e. The van der Waals surface area contributed by atoms with Gasteiger partial charge in [0.2, 0.25) is 0 Å². The topological polar surface area (TPSA) is 30.7 Å². The van der Waals surface area contributed by atoms with Crippen molar-refractivity contribution in [2.45, 2.75) is 0 Å². The molecular weight excluding hydrogens is 750 g/mol. The van der Waals surface area contributed by atoms with Crippen LogP contribution in [0.3, 0.4) is 0 Å². The summed E-state index contributed by atoms with van der Waals surface area (Å²) in [6, 6.07) is 57.8. The van der Waals surface area contributed by atoms with E-state index in [2.05, 4.69) is 144 Å².